The fourth-order valence-corrected chi connectivity index (χ4v) is 2.96. The highest BCUT2D eigenvalue weighted by Gasteiger charge is 2.26. The zero-order chi connectivity index (χ0) is 16.2. The number of hydrogen-bond acceptors (Lipinski definition) is 4. The Balaban J connectivity index is 1.60. The lowest BCUT2D eigenvalue weighted by Crippen LogP contribution is -2.40. The summed E-state index contributed by atoms with van der Waals surface area (Å²) in [6.45, 7) is 4.12. The van der Waals surface area contributed by atoms with Crippen LogP contribution < -0.4 is 0 Å². The van der Waals surface area contributed by atoms with Crippen LogP contribution in [0, 0.1) is 6.92 Å². The summed E-state index contributed by atoms with van der Waals surface area (Å²) < 4.78 is 11.4. The Morgan fingerprint density at radius 2 is 2.13 bits per heavy atom. The van der Waals surface area contributed by atoms with Gasteiger partial charge in [-0.2, -0.15) is 0 Å². The molecule has 0 atom stereocenters. The molecule has 1 saturated heterocycles. The van der Waals surface area contributed by atoms with E-state index in [0.717, 1.165) is 29.4 Å². The maximum absolute atomic E-state index is 12.6. The van der Waals surface area contributed by atoms with E-state index in [-0.39, 0.29) is 18.6 Å². The highest BCUT2D eigenvalue weighted by molar-refractivity contribution is 5.96. The Labute approximate surface area is 135 Å². The first-order valence-corrected chi connectivity index (χ1v) is 8.19. The molecule has 5 heteroatoms. The third-order valence-electron chi connectivity index (χ3n) is 4.27. The van der Waals surface area contributed by atoms with Crippen LogP contribution in [-0.4, -0.2) is 48.3 Å². The van der Waals surface area contributed by atoms with Crippen LogP contribution in [0.2, 0.25) is 0 Å². The summed E-state index contributed by atoms with van der Waals surface area (Å²) in [5, 5.41) is 9.74. The van der Waals surface area contributed by atoms with Gasteiger partial charge < -0.3 is 19.2 Å². The Morgan fingerprint density at radius 3 is 2.87 bits per heavy atom. The molecule has 1 fully saturated rings. The van der Waals surface area contributed by atoms with E-state index < -0.39 is 0 Å². The van der Waals surface area contributed by atoms with Gasteiger partial charge >= 0.3 is 0 Å². The van der Waals surface area contributed by atoms with Crippen LogP contribution in [0.3, 0.4) is 0 Å². The maximum atomic E-state index is 12.6. The largest absolute Gasteiger partial charge is 0.451 e. The maximum Gasteiger partial charge on any atom is 0.289 e. The predicted molar refractivity (Wildman–Crippen MR) is 87.5 cm³/mol. The minimum absolute atomic E-state index is 0.0485. The third kappa shape index (κ3) is 3.74. The molecule has 2 aromatic rings. The molecule has 1 aromatic carbocycles. The molecular weight excluding hydrogens is 294 g/mol. The summed E-state index contributed by atoms with van der Waals surface area (Å²) >= 11 is 0. The molecule has 2 heterocycles. The van der Waals surface area contributed by atoms with Crippen molar-refractivity contribution in [1.82, 2.24) is 4.90 Å². The van der Waals surface area contributed by atoms with Crippen LogP contribution in [0.4, 0.5) is 0 Å². The number of aryl methyl sites for hydroxylation is 1. The van der Waals surface area contributed by atoms with Gasteiger partial charge in [0.2, 0.25) is 0 Å². The molecule has 1 N–H and O–H groups in total. The topological polar surface area (TPSA) is 62.9 Å². The zero-order valence-corrected chi connectivity index (χ0v) is 13.5. The van der Waals surface area contributed by atoms with Crippen LogP contribution >= 0.6 is 0 Å². The van der Waals surface area contributed by atoms with Crippen molar-refractivity contribution in [2.45, 2.75) is 32.3 Å². The molecule has 0 saturated carbocycles. The predicted octanol–water partition coefficient (Wildman–Crippen LogP) is 2.74. The average Bonchev–Trinajstić information content (AvgIpc) is 2.98. The quantitative estimate of drug-likeness (QED) is 0.861. The lowest BCUT2D eigenvalue weighted by molar-refractivity contribution is 0.00332. The van der Waals surface area contributed by atoms with Gasteiger partial charge in [0.15, 0.2) is 5.76 Å². The highest BCUT2D eigenvalue weighted by atomic mass is 16.5. The van der Waals surface area contributed by atoms with Crippen molar-refractivity contribution in [3.05, 3.63) is 35.6 Å². The van der Waals surface area contributed by atoms with Crippen LogP contribution in [0.1, 0.15) is 35.4 Å². The first-order chi connectivity index (χ1) is 11.2. The van der Waals surface area contributed by atoms with E-state index >= 15 is 0 Å². The summed E-state index contributed by atoms with van der Waals surface area (Å²) in [5.74, 6) is 0.359. The Kier molecular flexibility index (Phi) is 4.98. The normalized spacial score (nSPS) is 16.2. The van der Waals surface area contributed by atoms with Gasteiger partial charge in [-0.05, 0) is 44.4 Å². The van der Waals surface area contributed by atoms with Crippen molar-refractivity contribution in [3.8, 4) is 0 Å². The van der Waals surface area contributed by atoms with Crippen LogP contribution in [0.5, 0.6) is 0 Å². The van der Waals surface area contributed by atoms with Gasteiger partial charge in [0, 0.05) is 31.7 Å². The number of carbonyl (C=O) groups excluding carboxylic acids is 1. The number of likely N-dealkylation sites (tertiary alicyclic amines) is 1. The molecule has 1 aliphatic heterocycles. The van der Waals surface area contributed by atoms with Gasteiger partial charge in [-0.15, -0.1) is 0 Å². The number of aliphatic hydroxyl groups is 1. The number of hydrogen-bond donors (Lipinski definition) is 1. The van der Waals surface area contributed by atoms with E-state index in [4.69, 9.17) is 14.3 Å². The molecule has 23 heavy (non-hydrogen) atoms. The van der Waals surface area contributed by atoms with Crippen molar-refractivity contribution >= 4 is 16.9 Å². The van der Waals surface area contributed by atoms with E-state index in [1.807, 2.05) is 36.1 Å². The van der Waals surface area contributed by atoms with E-state index in [9.17, 15) is 4.79 Å². The average molecular weight is 317 g/mol. The molecule has 0 spiro atoms. The zero-order valence-electron chi connectivity index (χ0n) is 13.5. The third-order valence-corrected chi connectivity index (χ3v) is 4.27. The fraction of sp³-hybridized carbons (Fsp3) is 0.500. The summed E-state index contributed by atoms with van der Waals surface area (Å²) in [4.78, 5) is 14.4. The smallest absolute Gasteiger partial charge is 0.289 e. The van der Waals surface area contributed by atoms with Gasteiger partial charge in [-0.25, -0.2) is 0 Å². The number of ether oxygens (including phenoxy) is 1. The number of aliphatic hydroxyl groups excluding tert-OH is 1. The molecule has 0 aliphatic carbocycles. The van der Waals surface area contributed by atoms with E-state index in [1.165, 1.54) is 0 Å². The minimum Gasteiger partial charge on any atom is -0.451 e. The van der Waals surface area contributed by atoms with Crippen LogP contribution in [0.25, 0.3) is 11.0 Å². The SMILES string of the molecule is Cc1ccc2oc(C(=O)N3CCC(OCCCO)CC3)cc2c1. The number of furan rings is 1. The lowest BCUT2D eigenvalue weighted by Gasteiger charge is -2.31. The molecule has 0 radical (unpaired) electrons. The number of amides is 1. The first-order valence-electron chi connectivity index (χ1n) is 8.19. The molecule has 0 unspecified atom stereocenters. The minimum atomic E-state index is -0.0485. The van der Waals surface area contributed by atoms with E-state index in [1.54, 1.807) is 0 Å². The number of fused-ring (bicyclic) bond motifs is 1. The number of rotatable bonds is 5. The molecule has 3 rings (SSSR count). The van der Waals surface area contributed by atoms with Crippen molar-refractivity contribution in [2.75, 3.05) is 26.3 Å². The van der Waals surface area contributed by atoms with E-state index in [0.29, 0.717) is 31.9 Å². The first kappa shape index (κ1) is 16.0. The molecule has 5 nitrogen and oxygen atoms in total. The second-order valence-corrected chi connectivity index (χ2v) is 6.09. The standard InChI is InChI=1S/C18H23NO4/c1-13-3-4-16-14(11-13)12-17(23-16)18(21)19-7-5-15(6-8-19)22-10-2-9-20/h3-4,11-12,15,20H,2,5-10H2,1H3. The van der Waals surface area contributed by atoms with E-state index in [2.05, 4.69) is 0 Å². The molecule has 1 amide bonds. The Morgan fingerprint density at radius 1 is 1.35 bits per heavy atom. The van der Waals surface area contributed by atoms with Crippen molar-refractivity contribution in [2.24, 2.45) is 0 Å². The van der Waals surface area contributed by atoms with Crippen molar-refractivity contribution in [3.63, 3.8) is 0 Å². The Bertz CT molecular complexity index is 671. The van der Waals surface area contributed by atoms with Crippen LogP contribution in [0.15, 0.2) is 28.7 Å². The molecule has 0 bridgehead atoms. The summed E-state index contributed by atoms with van der Waals surface area (Å²) in [6.07, 6.45) is 2.51. The highest BCUT2D eigenvalue weighted by Crippen LogP contribution is 2.23. The van der Waals surface area contributed by atoms with Crippen molar-refractivity contribution in [1.29, 1.82) is 0 Å². The number of piperidine rings is 1. The molecule has 124 valence electrons. The second kappa shape index (κ2) is 7.15. The van der Waals surface area contributed by atoms with Gasteiger partial charge in [-0.3, -0.25) is 4.79 Å². The number of benzene rings is 1. The number of nitrogens with zero attached hydrogens (tertiary/aromatic N) is 1. The lowest BCUT2D eigenvalue weighted by atomic mass is 10.1. The summed E-state index contributed by atoms with van der Waals surface area (Å²) in [6, 6.07) is 7.74. The summed E-state index contributed by atoms with van der Waals surface area (Å²) in [5.41, 5.74) is 1.90. The van der Waals surface area contributed by atoms with Gasteiger partial charge in [-0.1, -0.05) is 11.6 Å². The Hall–Kier alpha value is -1.85. The van der Waals surface area contributed by atoms with Gasteiger partial charge in [0.1, 0.15) is 5.58 Å². The monoisotopic (exact) mass is 317 g/mol. The molecule has 1 aliphatic rings. The van der Waals surface area contributed by atoms with Gasteiger partial charge in [0.25, 0.3) is 5.91 Å². The second-order valence-electron chi connectivity index (χ2n) is 6.09. The molecular formula is C18H23NO4. The van der Waals surface area contributed by atoms with Crippen molar-refractivity contribution < 1.29 is 19.1 Å². The number of carbonyl (C=O) groups is 1. The van der Waals surface area contributed by atoms with Gasteiger partial charge in [0.05, 0.1) is 6.10 Å². The fourth-order valence-electron chi connectivity index (χ4n) is 2.96. The van der Waals surface area contributed by atoms with Crippen LogP contribution in [-0.2, 0) is 4.74 Å². The summed E-state index contributed by atoms with van der Waals surface area (Å²) in [7, 11) is 0. The molecule has 1 aromatic heterocycles.